The van der Waals surface area contributed by atoms with E-state index in [0.717, 1.165) is 12.8 Å². The number of rotatable bonds is 6. The molecular formula is C15H23NO4S. The minimum atomic E-state index is -3.57. The third-order valence-electron chi connectivity index (χ3n) is 4.04. The summed E-state index contributed by atoms with van der Waals surface area (Å²) < 4.78 is 24.9. The van der Waals surface area contributed by atoms with Gasteiger partial charge in [-0.15, -0.1) is 0 Å². The minimum Gasteiger partial charge on any atom is -0.389 e. The summed E-state index contributed by atoms with van der Waals surface area (Å²) in [5.41, 5.74) is 4.84. The normalized spacial score (nSPS) is 19.6. The molecule has 1 aliphatic carbocycles. The largest absolute Gasteiger partial charge is 0.389 e. The standard InChI is InChI=1S/C15H23NO4S/c16-9-6-14(17)12-4-3-5-13(10-12)21(19,20)11-15(18)7-1-2-8-15/h3-5,10,14,17-18H,1-2,6-9,11,16H2. The quantitative estimate of drug-likeness (QED) is 0.731. The molecule has 0 saturated heterocycles. The molecule has 0 radical (unpaired) electrons. The summed E-state index contributed by atoms with van der Waals surface area (Å²) in [4.78, 5) is 0.149. The molecule has 1 aromatic rings. The van der Waals surface area contributed by atoms with Crippen LogP contribution in [-0.4, -0.2) is 36.5 Å². The van der Waals surface area contributed by atoms with Crippen molar-refractivity contribution in [3.63, 3.8) is 0 Å². The topological polar surface area (TPSA) is 101 Å². The van der Waals surface area contributed by atoms with Crippen molar-refractivity contribution >= 4 is 9.84 Å². The van der Waals surface area contributed by atoms with Gasteiger partial charge in [-0.25, -0.2) is 8.42 Å². The van der Waals surface area contributed by atoms with E-state index in [1.54, 1.807) is 12.1 Å². The predicted molar refractivity (Wildman–Crippen MR) is 80.5 cm³/mol. The summed E-state index contributed by atoms with van der Waals surface area (Å²) in [6.07, 6.45) is 2.40. The van der Waals surface area contributed by atoms with Gasteiger partial charge in [-0.05, 0) is 43.5 Å². The second kappa shape index (κ2) is 6.44. The van der Waals surface area contributed by atoms with Gasteiger partial charge in [-0.3, -0.25) is 0 Å². The maximum atomic E-state index is 12.5. The van der Waals surface area contributed by atoms with Gasteiger partial charge >= 0.3 is 0 Å². The number of hydrogen-bond donors (Lipinski definition) is 3. The Balaban J connectivity index is 2.22. The molecule has 0 spiro atoms. The third kappa shape index (κ3) is 4.03. The average Bonchev–Trinajstić information content (AvgIpc) is 2.85. The molecule has 1 aliphatic rings. The first-order valence-corrected chi connectivity index (χ1v) is 8.95. The summed E-state index contributed by atoms with van der Waals surface area (Å²) in [5, 5.41) is 20.2. The molecule has 1 saturated carbocycles. The van der Waals surface area contributed by atoms with Gasteiger partial charge in [0.1, 0.15) is 0 Å². The average molecular weight is 313 g/mol. The van der Waals surface area contributed by atoms with Crippen molar-refractivity contribution in [3.05, 3.63) is 29.8 Å². The van der Waals surface area contributed by atoms with Crippen LogP contribution in [-0.2, 0) is 9.84 Å². The lowest BCUT2D eigenvalue weighted by Crippen LogP contribution is -2.34. The summed E-state index contributed by atoms with van der Waals surface area (Å²) in [6.45, 7) is 0.331. The van der Waals surface area contributed by atoms with Crippen molar-refractivity contribution in [1.29, 1.82) is 0 Å². The van der Waals surface area contributed by atoms with Crippen LogP contribution >= 0.6 is 0 Å². The molecule has 0 heterocycles. The molecule has 21 heavy (non-hydrogen) atoms. The highest BCUT2D eigenvalue weighted by Gasteiger charge is 2.36. The van der Waals surface area contributed by atoms with Crippen LogP contribution in [0.15, 0.2) is 29.2 Å². The van der Waals surface area contributed by atoms with Gasteiger partial charge in [0.15, 0.2) is 9.84 Å². The van der Waals surface area contributed by atoms with Crippen LogP contribution in [0.5, 0.6) is 0 Å². The Morgan fingerprint density at radius 3 is 2.57 bits per heavy atom. The van der Waals surface area contributed by atoms with Crippen LogP contribution in [0, 0.1) is 0 Å². The van der Waals surface area contributed by atoms with E-state index in [0.29, 0.717) is 31.4 Å². The lowest BCUT2D eigenvalue weighted by atomic mass is 10.1. The van der Waals surface area contributed by atoms with Crippen molar-refractivity contribution < 1.29 is 18.6 Å². The fourth-order valence-electron chi connectivity index (χ4n) is 2.85. The Morgan fingerprint density at radius 2 is 1.95 bits per heavy atom. The summed E-state index contributed by atoms with van der Waals surface area (Å²) in [7, 11) is -3.57. The van der Waals surface area contributed by atoms with Crippen molar-refractivity contribution in [2.45, 2.75) is 48.7 Å². The number of nitrogens with two attached hydrogens (primary N) is 1. The number of aliphatic hydroxyl groups is 2. The Hall–Kier alpha value is -0.950. The number of benzene rings is 1. The molecule has 1 unspecified atom stereocenters. The first-order chi connectivity index (χ1) is 9.86. The third-order valence-corrected chi connectivity index (χ3v) is 5.92. The Bertz CT molecular complexity index is 579. The van der Waals surface area contributed by atoms with E-state index in [-0.39, 0.29) is 10.6 Å². The van der Waals surface area contributed by atoms with E-state index < -0.39 is 21.5 Å². The van der Waals surface area contributed by atoms with Crippen molar-refractivity contribution in [2.75, 3.05) is 12.3 Å². The number of aliphatic hydroxyl groups excluding tert-OH is 1. The lowest BCUT2D eigenvalue weighted by molar-refractivity contribution is 0.0714. The lowest BCUT2D eigenvalue weighted by Gasteiger charge is -2.22. The molecule has 1 atom stereocenters. The van der Waals surface area contributed by atoms with Gasteiger partial charge in [0, 0.05) is 0 Å². The first kappa shape index (κ1) is 16.4. The van der Waals surface area contributed by atoms with Gasteiger partial charge in [0.05, 0.1) is 22.4 Å². The molecule has 118 valence electrons. The van der Waals surface area contributed by atoms with Crippen LogP contribution in [0.1, 0.15) is 43.8 Å². The Kier molecular flexibility index (Phi) is 5.03. The van der Waals surface area contributed by atoms with E-state index in [1.165, 1.54) is 12.1 Å². The van der Waals surface area contributed by atoms with Crippen molar-refractivity contribution in [2.24, 2.45) is 5.73 Å². The number of sulfone groups is 1. The molecule has 0 bridgehead atoms. The van der Waals surface area contributed by atoms with Gasteiger partial charge in [-0.2, -0.15) is 0 Å². The SMILES string of the molecule is NCCC(O)c1cccc(S(=O)(=O)CC2(O)CCCC2)c1. The maximum absolute atomic E-state index is 12.5. The zero-order valence-corrected chi connectivity index (χ0v) is 12.8. The van der Waals surface area contributed by atoms with Crippen LogP contribution in [0.3, 0.4) is 0 Å². The molecular weight excluding hydrogens is 290 g/mol. The molecule has 0 aromatic heterocycles. The van der Waals surface area contributed by atoms with Crippen molar-refractivity contribution in [1.82, 2.24) is 0 Å². The molecule has 0 amide bonds. The summed E-state index contributed by atoms with van der Waals surface area (Å²) in [5.74, 6) is -0.254. The zero-order chi connectivity index (χ0) is 15.5. The molecule has 1 aromatic carbocycles. The van der Waals surface area contributed by atoms with Gasteiger partial charge in [0.25, 0.3) is 0 Å². The van der Waals surface area contributed by atoms with E-state index in [1.807, 2.05) is 0 Å². The second-order valence-electron chi connectivity index (χ2n) is 5.86. The highest BCUT2D eigenvalue weighted by atomic mass is 32.2. The molecule has 2 rings (SSSR count). The fourth-order valence-corrected chi connectivity index (χ4v) is 4.62. The van der Waals surface area contributed by atoms with E-state index >= 15 is 0 Å². The first-order valence-electron chi connectivity index (χ1n) is 7.30. The minimum absolute atomic E-state index is 0.149. The van der Waals surface area contributed by atoms with Crippen LogP contribution in [0.4, 0.5) is 0 Å². The number of hydrogen-bond acceptors (Lipinski definition) is 5. The molecule has 4 N–H and O–H groups in total. The van der Waals surface area contributed by atoms with Crippen LogP contribution < -0.4 is 5.73 Å². The molecule has 1 fully saturated rings. The second-order valence-corrected chi connectivity index (χ2v) is 7.85. The Labute approximate surface area is 125 Å². The van der Waals surface area contributed by atoms with Crippen LogP contribution in [0.25, 0.3) is 0 Å². The highest BCUT2D eigenvalue weighted by molar-refractivity contribution is 7.91. The summed E-state index contributed by atoms with van der Waals surface area (Å²) in [6, 6.07) is 6.28. The monoisotopic (exact) mass is 313 g/mol. The van der Waals surface area contributed by atoms with E-state index in [9.17, 15) is 18.6 Å². The molecule has 6 heteroatoms. The summed E-state index contributed by atoms with van der Waals surface area (Å²) >= 11 is 0. The van der Waals surface area contributed by atoms with Crippen LogP contribution in [0.2, 0.25) is 0 Å². The maximum Gasteiger partial charge on any atom is 0.181 e. The van der Waals surface area contributed by atoms with E-state index in [2.05, 4.69) is 0 Å². The van der Waals surface area contributed by atoms with Gasteiger partial charge < -0.3 is 15.9 Å². The Morgan fingerprint density at radius 1 is 1.29 bits per heavy atom. The predicted octanol–water partition coefficient (Wildman–Crippen LogP) is 1.15. The van der Waals surface area contributed by atoms with E-state index in [4.69, 9.17) is 5.73 Å². The molecule has 5 nitrogen and oxygen atoms in total. The molecule has 0 aliphatic heterocycles. The van der Waals surface area contributed by atoms with Crippen molar-refractivity contribution in [3.8, 4) is 0 Å². The fraction of sp³-hybridized carbons (Fsp3) is 0.600. The van der Waals surface area contributed by atoms with Gasteiger partial charge in [0.2, 0.25) is 0 Å². The highest BCUT2D eigenvalue weighted by Crippen LogP contribution is 2.32. The zero-order valence-electron chi connectivity index (χ0n) is 12.0. The smallest absolute Gasteiger partial charge is 0.181 e. The van der Waals surface area contributed by atoms with Gasteiger partial charge in [-0.1, -0.05) is 25.0 Å².